The van der Waals surface area contributed by atoms with Crippen molar-refractivity contribution in [3.05, 3.63) is 59.3 Å². The first-order chi connectivity index (χ1) is 34.1. The average molecular weight is 1070 g/mol. The molecule has 1 unspecified atom stereocenters. The van der Waals surface area contributed by atoms with Gasteiger partial charge in [-0.1, -0.05) is 44.5 Å². The molecule has 4 heterocycles. The van der Waals surface area contributed by atoms with Crippen LogP contribution in [0.5, 0.6) is 5.75 Å². The summed E-state index contributed by atoms with van der Waals surface area (Å²) >= 11 is 17.3. The molecule has 4 fully saturated rings. The zero-order valence-electron chi connectivity index (χ0n) is 40.3. The number of nitrogens with zero attached hydrogens (tertiary/aromatic N) is 3. The van der Waals surface area contributed by atoms with E-state index in [1.807, 2.05) is 31.2 Å². The Morgan fingerprint density at radius 1 is 0.875 bits per heavy atom. The number of benzene rings is 3. The average Bonchev–Trinajstić information content (AvgIpc) is 4.05. The molecular weight excluding hydrogens is 1010 g/mol. The Balaban J connectivity index is 0.865. The minimum atomic E-state index is -4.97. The standard InChI is InChI=1S/C50H58Cl2N7O11PS/c1-25(2)42(56-37(60)12-6-5-9-13-57-38(61)16-36(72)46(57)64)45(63)54-27(4)44(62)55-32-14-33-40(31-11-8-7-10-30(31)32)28(17-51)20-58(33)47(65)49-22-50(23-49,24-49)48(66)59-21-29(18-52)41-34(59)15-35(70-71(67,68)69)43-39(41)26(3)19-53-43/h7-8,10-11,14-15,19,25,27-29,36,42,53,72H,5-6,9,12-13,16-18,20-24H2,1-4H3,(H,54,63)(H,55,62)(H,56,60)(H2,67,68,69)/t27-,28+,29+,36?,42-,49?,50?/m0/s1. The van der Waals surface area contributed by atoms with E-state index >= 15 is 0 Å². The van der Waals surface area contributed by atoms with Crippen LogP contribution in [-0.2, 0) is 38.1 Å². The van der Waals surface area contributed by atoms with Crippen LogP contribution in [0.25, 0.3) is 21.7 Å². The van der Waals surface area contributed by atoms with E-state index in [9.17, 15) is 47.9 Å². The zero-order chi connectivity index (χ0) is 51.8. The van der Waals surface area contributed by atoms with Crippen LogP contribution in [-0.4, -0.2) is 110 Å². The van der Waals surface area contributed by atoms with Gasteiger partial charge >= 0.3 is 7.82 Å². The largest absolute Gasteiger partial charge is 0.524 e. The summed E-state index contributed by atoms with van der Waals surface area (Å²) < 4.78 is 17.1. The minimum Gasteiger partial charge on any atom is -0.402 e. The first-order valence-corrected chi connectivity index (χ1v) is 27.4. The number of alkyl halides is 2. The topological polar surface area (TPSA) is 248 Å². The number of halogens is 2. The summed E-state index contributed by atoms with van der Waals surface area (Å²) in [7, 11) is -4.97. The van der Waals surface area contributed by atoms with Gasteiger partial charge in [-0.05, 0) is 80.0 Å². The fourth-order valence-electron chi connectivity index (χ4n) is 11.7. The number of aryl methyl sites for hydroxylation is 1. The number of likely N-dealkylation sites (tertiary alicyclic amines) is 1. The molecule has 3 aliphatic carbocycles. The molecule has 1 saturated heterocycles. The molecule has 0 spiro atoms. The number of phosphoric ester groups is 1. The van der Waals surface area contributed by atoms with E-state index in [1.165, 1.54) is 11.0 Å². The highest BCUT2D eigenvalue weighted by atomic mass is 35.5. The molecule has 72 heavy (non-hydrogen) atoms. The second kappa shape index (κ2) is 19.6. The number of nitrogens with one attached hydrogen (secondary N) is 4. The number of unbranched alkanes of at least 4 members (excludes halogenated alkanes) is 2. The molecule has 22 heteroatoms. The SMILES string of the molecule is Cc1c[nH]c2c(OP(=O)(O)O)cc3c(c12)[C@H](CCl)CN3C(=O)C12CC(C(=O)N3C[C@@H](CCl)c4c3cc(NC(=O)[C@H](C)NC(=O)[C@@H](NC(=O)CCCCCN3C(=O)CC(S)C3=O)C(C)C)c3ccccc43)(C1)C2. The van der Waals surface area contributed by atoms with Crippen molar-refractivity contribution in [1.29, 1.82) is 0 Å². The third-order valence-electron chi connectivity index (χ3n) is 15.2. The molecular formula is C50H58Cl2N7O11PS. The lowest BCUT2D eigenvalue weighted by Crippen LogP contribution is -2.73. The van der Waals surface area contributed by atoms with E-state index in [-0.39, 0.29) is 90.7 Å². The van der Waals surface area contributed by atoms with Crippen molar-refractivity contribution in [2.24, 2.45) is 16.7 Å². The Morgan fingerprint density at radius 2 is 1.49 bits per heavy atom. The predicted molar refractivity (Wildman–Crippen MR) is 276 cm³/mol. The van der Waals surface area contributed by atoms with E-state index in [4.69, 9.17) is 27.7 Å². The number of H-pyrrole nitrogens is 1. The van der Waals surface area contributed by atoms with Gasteiger partial charge in [0.2, 0.25) is 41.4 Å². The van der Waals surface area contributed by atoms with Crippen LogP contribution in [0, 0.1) is 23.7 Å². The number of aromatic amines is 1. The van der Waals surface area contributed by atoms with E-state index in [0.717, 1.165) is 22.1 Å². The van der Waals surface area contributed by atoms with Crippen LogP contribution in [0.3, 0.4) is 0 Å². The van der Waals surface area contributed by atoms with Gasteiger partial charge in [-0.15, -0.1) is 23.2 Å². The fraction of sp³-hybridized carbons (Fsp3) is 0.500. The van der Waals surface area contributed by atoms with Crippen LogP contribution in [0.1, 0.15) is 101 Å². The van der Waals surface area contributed by atoms with Crippen molar-refractivity contribution in [3.8, 4) is 5.75 Å². The number of hydrogen-bond acceptors (Lipinski definition) is 10. The van der Waals surface area contributed by atoms with E-state index in [1.54, 1.807) is 42.8 Å². The Kier molecular flexibility index (Phi) is 14.1. The van der Waals surface area contributed by atoms with Gasteiger partial charge in [-0.3, -0.25) is 48.2 Å². The van der Waals surface area contributed by atoms with Crippen LogP contribution in [0.4, 0.5) is 17.1 Å². The summed E-state index contributed by atoms with van der Waals surface area (Å²) in [6, 6.07) is 8.77. The van der Waals surface area contributed by atoms with Gasteiger partial charge in [-0.25, -0.2) is 4.57 Å². The number of carbonyl (C=O) groups is 7. The van der Waals surface area contributed by atoms with E-state index in [0.29, 0.717) is 78.4 Å². The van der Waals surface area contributed by atoms with Crippen molar-refractivity contribution >= 4 is 124 Å². The summed E-state index contributed by atoms with van der Waals surface area (Å²) in [4.78, 5) is 121. The summed E-state index contributed by atoms with van der Waals surface area (Å²) in [6.45, 7) is 7.78. The smallest absolute Gasteiger partial charge is 0.402 e. The monoisotopic (exact) mass is 1070 g/mol. The maximum atomic E-state index is 14.8. The van der Waals surface area contributed by atoms with Crippen molar-refractivity contribution < 1.29 is 52.4 Å². The highest BCUT2D eigenvalue weighted by Crippen LogP contribution is 2.75. The number of imide groups is 1. The van der Waals surface area contributed by atoms with Gasteiger partial charge in [0, 0.05) is 84.8 Å². The van der Waals surface area contributed by atoms with E-state index < -0.39 is 47.8 Å². The van der Waals surface area contributed by atoms with Crippen LogP contribution in [0.2, 0.25) is 0 Å². The molecule has 384 valence electrons. The van der Waals surface area contributed by atoms with Gasteiger partial charge in [-0.2, -0.15) is 12.6 Å². The van der Waals surface area contributed by atoms with E-state index in [2.05, 4.69) is 33.6 Å². The van der Waals surface area contributed by atoms with Gasteiger partial charge in [0.15, 0.2) is 5.75 Å². The molecule has 2 bridgehead atoms. The van der Waals surface area contributed by atoms with Gasteiger partial charge < -0.3 is 35.3 Å². The second-order valence-corrected chi connectivity index (χ2v) is 23.0. The van der Waals surface area contributed by atoms with Gasteiger partial charge in [0.1, 0.15) is 12.1 Å². The zero-order valence-corrected chi connectivity index (χ0v) is 43.6. The van der Waals surface area contributed by atoms with Gasteiger partial charge in [0.05, 0.1) is 33.0 Å². The number of hydrogen-bond donors (Lipinski definition) is 7. The molecule has 3 aliphatic heterocycles. The molecule has 0 radical (unpaired) electrons. The van der Waals surface area contributed by atoms with Crippen LogP contribution < -0.4 is 30.3 Å². The van der Waals surface area contributed by atoms with Crippen molar-refractivity contribution in [2.75, 3.05) is 46.5 Å². The van der Waals surface area contributed by atoms with Crippen LogP contribution in [0.15, 0.2) is 42.6 Å². The molecule has 6 N–H and O–H groups in total. The number of carbonyl (C=O) groups excluding carboxylic acids is 7. The number of aromatic nitrogens is 1. The highest BCUT2D eigenvalue weighted by molar-refractivity contribution is 7.81. The lowest BCUT2D eigenvalue weighted by molar-refractivity contribution is -0.205. The summed E-state index contributed by atoms with van der Waals surface area (Å²) in [5.41, 5.74) is 2.69. The molecule has 5 atom stereocenters. The number of anilines is 3. The van der Waals surface area contributed by atoms with Crippen molar-refractivity contribution in [3.63, 3.8) is 0 Å². The normalized spacial score (nSPS) is 24.0. The number of amides is 7. The molecule has 6 aliphatic rings. The lowest BCUT2D eigenvalue weighted by atomic mass is 9.34. The summed E-state index contributed by atoms with van der Waals surface area (Å²) in [5.74, 6) is -2.78. The van der Waals surface area contributed by atoms with Crippen LogP contribution >= 0.6 is 43.7 Å². The molecule has 3 aromatic carbocycles. The quantitative estimate of drug-likeness (QED) is 0.0186. The lowest BCUT2D eigenvalue weighted by Gasteiger charge is -2.69. The number of phosphoric acid groups is 1. The van der Waals surface area contributed by atoms with Crippen molar-refractivity contribution in [1.82, 2.24) is 20.5 Å². The number of thiol groups is 1. The predicted octanol–water partition coefficient (Wildman–Crippen LogP) is 6.51. The Bertz CT molecular complexity index is 2980. The molecule has 4 aromatic rings. The molecule has 7 amide bonds. The highest BCUT2D eigenvalue weighted by Gasteiger charge is 2.76. The first-order valence-electron chi connectivity index (χ1n) is 24.2. The van der Waals surface area contributed by atoms with Crippen molar-refractivity contribution in [2.45, 2.75) is 108 Å². The maximum Gasteiger partial charge on any atom is 0.524 e. The fourth-order valence-corrected chi connectivity index (χ4v) is 12.9. The first kappa shape index (κ1) is 51.7. The molecule has 18 nitrogen and oxygen atoms in total. The number of fused-ring (bicyclic) bond motifs is 6. The van der Waals surface area contributed by atoms with Gasteiger partial charge in [0.25, 0.3) is 0 Å². The third kappa shape index (κ3) is 9.16. The molecule has 3 saturated carbocycles. The Morgan fingerprint density at radius 3 is 2.07 bits per heavy atom. The molecule has 1 aromatic heterocycles. The molecule has 10 rings (SSSR count). The second-order valence-electron chi connectivity index (χ2n) is 20.6. The third-order valence-corrected chi connectivity index (χ3v) is 16.8. The number of rotatable bonds is 18. The Hall–Kier alpha value is -5.17. The summed E-state index contributed by atoms with van der Waals surface area (Å²) in [6.07, 6.45) is 4.44. The maximum absolute atomic E-state index is 14.8. The minimum absolute atomic E-state index is 0.0851. The Labute approximate surface area is 431 Å². The summed E-state index contributed by atoms with van der Waals surface area (Å²) in [5, 5.41) is 10.1.